The Bertz CT molecular complexity index is 874. The van der Waals surface area contributed by atoms with Gasteiger partial charge in [-0.05, 0) is 45.0 Å². The smallest absolute Gasteiger partial charge is 0.410 e. The van der Waals surface area contributed by atoms with E-state index >= 15 is 0 Å². The van der Waals surface area contributed by atoms with Crippen molar-refractivity contribution in [2.45, 2.75) is 26.4 Å². The van der Waals surface area contributed by atoms with Crippen molar-refractivity contribution < 1.29 is 14.3 Å². The molecule has 3 rings (SSSR count). The third-order valence-corrected chi connectivity index (χ3v) is 4.48. The first kappa shape index (κ1) is 20.9. The number of nitrogens with one attached hydrogen (secondary N) is 1. The van der Waals surface area contributed by atoms with Crippen LogP contribution in [0.25, 0.3) is 0 Å². The van der Waals surface area contributed by atoms with Crippen LogP contribution in [0.3, 0.4) is 0 Å². The van der Waals surface area contributed by atoms with Gasteiger partial charge in [-0.15, -0.1) is 0 Å². The summed E-state index contributed by atoms with van der Waals surface area (Å²) in [6.45, 7) is 8.10. The highest BCUT2D eigenvalue weighted by molar-refractivity contribution is 6.29. The number of hydrogen-bond acceptors (Lipinski definition) is 6. The van der Waals surface area contributed by atoms with E-state index in [4.69, 9.17) is 16.3 Å². The highest BCUT2D eigenvalue weighted by atomic mass is 35.5. The molecule has 1 aliphatic heterocycles. The van der Waals surface area contributed by atoms with Crippen LogP contribution in [0.5, 0.6) is 0 Å². The summed E-state index contributed by atoms with van der Waals surface area (Å²) in [6.07, 6.45) is 2.90. The molecule has 0 atom stereocenters. The Hall–Kier alpha value is -2.87. The first-order chi connectivity index (χ1) is 13.7. The maximum atomic E-state index is 12.3. The van der Waals surface area contributed by atoms with E-state index in [9.17, 15) is 9.59 Å². The molecular weight excluding hydrogens is 394 g/mol. The van der Waals surface area contributed by atoms with Crippen LogP contribution in [0.1, 0.15) is 31.1 Å². The number of amides is 2. The zero-order valence-corrected chi connectivity index (χ0v) is 17.4. The number of pyridine rings is 2. The molecule has 0 spiro atoms. The summed E-state index contributed by atoms with van der Waals surface area (Å²) in [5.41, 5.74) is 0.841. The molecule has 1 N–H and O–H groups in total. The Morgan fingerprint density at radius 3 is 2.41 bits per heavy atom. The van der Waals surface area contributed by atoms with Gasteiger partial charge in [-0.3, -0.25) is 4.79 Å². The Balaban J connectivity index is 1.54. The molecule has 0 unspecified atom stereocenters. The van der Waals surface area contributed by atoms with Crippen molar-refractivity contribution in [3.63, 3.8) is 0 Å². The van der Waals surface area contributed by atoms with Crippen LogP contribution in [0, 0.1) is 0 Å². The van der Waals surface area contributed by atoms with Gasteiger partial charge in [-0.1, -0.05) is 11.6 Å². The van der Waals surface area contributed by atoms with E-state index in [2.05, 4.69) is 20.2 Å². The second-order valence-electron chi connectivity index (χ2n) is 7.68. The molecule has 1 saturated heterocycles. The predicted molar refractivity (Wildman–Crippen MR) is 111 cm³/mol. The van der Waals surface area contributed by atoms with Crippen LogP contribution >= 0.6 is 11.6 Å². The average Bonchev–Trinajstić information content (AvgIpc) is 2.67. The number of halogens is 1. The van der Waals surface area contributed by atoms with Crippen LogP contribution in [-0.4, -0.2) is 58.6 Å². The number of rotatable bonds is 3. The van der Waals surface area contributed by atoms with Crippen LogP contribution in [-0.2, 0) is 4.74 Å². The van der Waals surface area contributed by atoms with Crippen LogP contribution < -0.4 is 10.2 Å². The Kier molecular flexibility index (Phi) is 6.22. The molecule has 2 aromatic rings. The second kappa shape index (κ2) is 8.65. The zero-order valence-electron chi connectivity index (χ0n) is 16.7. The van der Waals surface area contributed by atoms with Gasteiger partial charge in [-0.2, -0.15) is 0 Å². The number of nitrogens with zero attached hydrogens (tertiary/aromatic N) is 4. The highest BCUT2D eigenvalue weighted by Crippen LogP contribution is 2.19. The van der Waals surface area contributed by atoms with Gasteiger partial charge >= 0.3 is 6.09 Å². The molecule has 1 fully saturated rings. The minimum Gasteiger partial charge on any atom is -0.444 e. The van der Waals surface area contributed by atoms with E-state index in [0.717, 1.165) is 5.69 Å². The molecule has 29 heavy (non-hydrogen) atoms. The van der Waals surface area contributed by atoms with Gasteiger partial charge in [0.2, 0.25) is 0 Å². The standard InChI is InChI=1S/C20H24ClN5O3/c1-20(2,3)29-19(28)26-10-8-25(9-11-26)15-4-5-17(23-13-15)24-18(27)14-6-7-22-16(21)12-14/h4-7,12-13H,8-11H2,1-3H3,(H,23,24,27). The van der Waals surface area contributed by atoms with E-state index in [1.807, 2.05) is 26.8 Å². The molecule has 0 aliphatic carbocycles. The lowest BCUT2D eigenvalue weighted by Gasteiger charge is -2.36. The van der Waals surface area contributed by atoms with E-state index in [1.165, 1.54) is 12.3 Å². The number of carbonyl (C=O) groups excluding carboxylic acids is 2. The molecule has 0 saturated carbocycles. The molecule has 2 aromatic heterocycles. The van der Waals surface area contributed by atoms with Crippen molar-refractivity contribution in [1.82, 2.24) is 14.9 Å². The maximum absolute atomic E-state index is 12.3. The Labute approximate surface area is 174 Å². The fraction of sp³-hybridized carbons (Fsp3) is 0.400. The van der Waals surface area contributed by atoms with Gasteiger partial charge in [0.25, 0.3) is 5.91 Å². The number of piperazine rings is 1. The quantitative estimate of drug-likeness (QED) is 0.769. The summed E-state index contributed by atoms with van der Waals surface area (Å²) >= 11 is 5.82. The lowest BCUT2D eigenvalue weighted by atomic mass is 10.2. The maximum Gasteiger partial charge on any atom is 0.410 e. The number of ether oxygens (including phenoxy) is 1. The van der Waals surface area contributed by atoms with E-state index in [1.54, 1.807) is 23.2 Å². The molecule has 2 amide bonds. The topological polar surface area (TPSA) is 87.7 Å². The van der Waals surface area contributed by atoms with Gasteiger partial charge in [-0.25, -0.2) is 14.8 Å². The first-order valence-electron chi connectivity index (χ1n) is 9.33. The van der Waals surface area contributed by atoms with Crippen molar-refractivity contribution in [1.29, 1.82) is 0 Å². The van der Waals surface area contributed by atoms with Gasteiger partial charge < -0.3 is 19.9 Å². The van der Waals surface area contributed by atoms with Gasteiger partial charge in [0.05, 0.1) is 11.9 Å². The van der Waals surface area contributed by atoms with Crippen molar-refractivity contribution in [3.8, 4) is 0 Å². The lowest BCUT2D eigenvalue weighted by Crippen LogP contribution is -2.50. The molecule has 8 nitrogen and oxygen atoms in total. The largest absolute Gasteiger partial charge is 0.444 e. The Morgan fingerprint density at radius 2 is 1.83 bits per heavy atom. The molecule has 3 heterocycles. The molecule has 0 radical (unpaired) electrons. The molecule has 9 heteroatoms. The summed E-state index contributed by atoms with van der Waals surface area (Å²) < 4.78 is 5.42. The van der Waals surface area contributed by atoms with Crippen molar-refractivity contribution in [2.24, 2.45) is 0 Å². The van der Waals surface area contributed by atoms with Crippen LogP contribution in [0.15, 0.2) is 36.7 Å². The summed E-state index contributed by atoms with van der Waals surface area (Å²) in [5.74, 6) is 0.139. The number of carbonyl (C=O) groups is 2. The number of hydrogen-bond donors (Lipinski definition) is 1. The van der Waals surface area contributed by atoms with Crippen molar-refractivity contribution in [2.75, 3.05) is 36.4 Å². The predicted octanol–water partition coefficient (Wildman–Crippen LogP) is 3.44. The van der Waals surface area contributed by atoms with Crippen molar-refractivity contribution >= 4 is 35.1 Å². The van der Waals surface area contributed by atoms with Crippen molar-refractivity contribution in [3.05, 3.63) is 47.4 Å². The minimum atomic E-state index is -0.500. The Morgan fingerprint density at radius 1 is 1.10 bits per heavy atom. The van der Waals surface area contributed by atoms with E-state index in [-0.39, 0.29) is 17.2 Å². The van der Waals surface area contributed by atoms with Gasteiger partial charge in [0, 0.05) is 37.9 Å². The average molecular weight is 418 g/mol. The zero-order chi connectivity index (χ0) is 21.0. The number of aromatic nitrogens is 2. The second-order valence-corrected chi connectivity index (χ2v) is 8.06. The molecule has 154 valence electrons. The monoisotopic (exact) mass is 417 g/mol. The molecule has 1 aliphatic rings. The lowest BCUT2D eigenvalue weighted by molar-refractivity contribution is 0.0240. The number of anilines is 2. The summed E-state index contributed by atoms with van der Waals surface area (Å²) in [4.78, 5) is 36.4. The van der Waals surface area contributed by atoms with E-state index < -0.39 is 5.60 Å². The third-order valence-electron chi connectivity index (χ3n) is 4.27. The fourth-order valence-electron chi connectivity index (χ4n) is 2.85. The van der Waals surface area contributed by atoms with Crippen LogP contribution in [0.2, 0.25) is 5.15 Å². The summed E-state index contributed by atoms with van der Waals surface area (Å²) in [7, 11) is 0. The van der Waals surface area contributed by atoms with E-state index in [0.29, 0.717) is 37.6 Å². The summed E-state index contributed by atoms with van der Waals surface area (Å²) in [5, 5.41) is 2.99. The van der Waals surface area contributed by atoms with Crippen LogP contribution in [0.4, 0.5) is 16.3 Å². The first-order valence-corrected chi connectivity index (χ1v) is 9.71. The highest BCUT2D eigenvalue weighted by Gasteiger charge is 2.26. The SMILES string of the molecule is CC(C)(C)OC(=O)N1CCN(c2ccc(NC(=O)c3ccnc(Cl)c3)nc2)CC1. The normalized spacial score (nSPS) is 14.5. The molecule has 0 aromatic carbocycles. The third kappa shape index (κ3) is 5.80. The van der Waals surface area contributed by atoms with Gasteiger partial charge in [0.15, 0.2) is 0 Å². The molecule has 0 bridgehead atoms. The van der Waals surface area contributed by atoms with Gasteiger partial charge in [0.1, 0.15) is 16.6 Å². The minimum absolute atomic E-state index is 0.256. The molecular formula is C20H24ClN5O3. The summed E-state index contributed by atoms with van der Waals surface area (Å²) in [6, 6.07) is 6.72. The fourth-order valence-corrected chi connectivity index (χ4v) is 3.03.